The van der Waals surface area contributed by atoms with Crippen molar-refractivity contribution in [2.75, 3.05) is 11.1 Å². The van der Waals surface area contributed by atoms with Crippen LogP contribution in [-0.4, -0.2) is 26.6 Å². The molecule has 28 heavy (non-hydrogen) atoms. The molecule has 4 aromatic rings. The van der Waals surface area contributed by atoms with Gasteiger partial charge in [-0.3, -0.25) is 4.79 Å². The number of thiazole rings is 1. The fourth-order valence-corrected chi connectivity index (χ4v) is 4.34. The molecule has 0 spiro atoms. The summed E-state index contributed by atoms with van der Waals surface area (Å²) in [5, 5.41) is 6.22. The quantitative estimate of drug-likeness (QED) is 0.437. The van der Waals surface area contributed by atoms with E-state index in [-0.39, 0.29) is 11.7 Å². The van der Waals surface area contributed by atoms with E-state index in [1.165, 1.54) is 39.8 Å². The number of imidazole rings is 1. The first kappa shape index (κ1) is 18.7. The van der Waals surface area contributed by atoms with E-state index in [1.54, 1.807) is 0 Å². The maximum Gasteiger partial charge on any atom is 0.236 e. The summed E-state index contributed by atoms with van der Waals surface area (Å²) in [5.41, 5.74) is 7.42. The molecule has 0 aliphatic rings. The minimum absolute atomic E-state index is 0.0940. The predicted molar refractivity (Wildman–Crippen MR) is 117 cm³/mol. The number of nitrogens with one attached hydrogen (secondary N) is 2. The number of aromatic amines is 1. The molecule has 0 saturated carbocycles. The van der Waals surface area contributed by atoms with Gasteiger partial charge in [0.25, 0.3) is 0 Å². The highest BCUT2D eigenvalue weighted by Gasteiger charge is 2.11. The molecule has 0 atom stereocenters. The Hall–Kier alpha value is -2.64. The number of rotatable bonds is 5. The molecule has 0 aliphatic heterocycles. The monoisotopic (exact) mass is 408 g/mol. The summed E-state index contributed by atoms with van der Waals surface area (Å²) in [7, 11) is 0. The second-order valence-corrected chi connectivity index (χ2v) is 8.58. The first-order chi connectivity index (χ1) is 13.5. The number of hydrogen-bond acceptors (Lipinski definition) is 5. The van der Waals surface area contributed by atoms with E-state index in [2.05, 4.69) is 58.4 Å². The standard InChI is InChI=1S/C21H20N4OS2/c1-12-4-6-14(3)15(8-12)18-10-27-21(24-18)25-19(26)11-28-20-22-16-7-5-13(2)9-17(16)23-20/h4-10H,11H2,1-3H3,(H,22,23)(H,24,25,26). The molecule has 0 bridgehead atoms. The van der Waals surface area contributed by atoms with E-state index in [4.69, 9.17) is 0 Å². The summed E-state index contributed by atoms with van der Waals surface area (Å²) in [4.78, 5) is 24.7. The van der Waals surface area contributed by atoms with Crippen molar-refractivity contribution in [3.63, 3.8) is 0 Å². The number of carbonyl (C=O) groups is 1. The SMILES string of the molecule is Cc1ccc(C)c(-c2csc(NC(=O)CSc3nc4ccc(C)cc4[nH]3)n2)c1. The molecule has 2 aromatic heterocycles. The average molecular weight is 409 g/mol. The number of carbonyl (C=O) groups excluding carboxylic acids is 1. The summed E-state index contributed by atoms with van der Waals surface area (Å²) in [6.45, 7) is 6.17. The highest BCUT2D eigenvalue weighted by atomic mass is 32.2. The fourth-order valence-electron chi connectivity index (χ4n) is 2.92. The first-order valence-corrected chi connectivity index (χ1v) is 10.8. The number of benzene rings is 2. The number of H-pyrrole nitrogens is 1. The summed E-state index contributed by atoms with van der Waals surface area (Å²) in [6.07, 6.45) is 0. The van der Waals surface area contributed by atoms with Gasteiger partial charge in [0.15, 0.2) is 10.3 Å². The lowest BCUT2D eigenvalue weighted by atomic mass is 10.0. The third-order valence-electron chi connectivity index (χ3n) is 4.38. The molecular formula is C21H20N4OS2. The topological polar surface area (TPSA) is 70.7 Å². The summed E-state index contributed by atoms with van der Waals surface area (Å²) < 4.78 is 0. The molecular weight excluding hydrogens is 388 g/mol. The molecule has 2 heterocycles. The van der Waals surface area contributed by atoms with Crippen LogP contribution < -0.4 is 5.32 Å². The number of fused-ring (bicyclic) bond motifs is 1. The average Bonchev–Trinajstić information content (AvgIpc) is 3.28. The third-order valence-corrected chi connectivity index (χ3v) is 6.01. The molecule has 0 radical (unpaired) electrons. The largest absolute Gasteiger partial charge is 0.333 e. The van der Waals surface area contributed by atoms with Gasteiger partial charge in [-0.1, -0.05) is 35.5 Å². The highest BCUT2D eigenvalue weighted by molar-refractivity contribution is 7.99. The highest BCUT2D eigenvalue weighted by Crippen LogP contribution is 2.28. The van der Waals surface area contributed by atoms with Gasteiger partial charge in [-0.25, -0.2) is 9.97 Å². The van der Waals surface area contributed by atoms with Crippen molar-refractivity contribution in [1.29, 1.82) is 0 Å². The van der Waals surface area contributed by atoms with Crippen LogP contribution in [0.25, 0.3) is 22.3 Å². The number of aromatic nitrogens is 3. The number of anilines is 1. The molecule has 2 aromatic carbocycles. The van der Waals surface area contributed by atoms with Crippen molar-refractivity contribution in [2.45, 2.75) is 25.9 Å². The van der Waals surface area contributed by atoms with Crippen LogP contribution in [0.3, 0.4) is 0 Å². The smallest absolute Gasteiger partial charge is 0.236 e. The number of thioether (sulfide) groups is 1. The fraction of sp³-hybridized carbons (Fsp3) is 0.190. The molecule has 142 valence electrons. The van der Waals surface area contributed by atoms with Crippen LogP contribution in [0.4, 0.5) is 5.13 Å². The van der Waals surface area contributed by atoms with Gasteiger partial charge in [0.2, 0.25) is 5.91 Å². The van der Waals surface area contributed by atoms with Gasteiger partial charge in [-0.05, 0) is 50.1 Å². The Morgan fingerprint density at radius 3 is 2.75 bits per heavy atom. The molecule has 0 saturated heterocycles. The van der Waals surface area contributed by atoms with E-state index < -0.39 is 0 Å². The van der Waals surface area contributed by atoms with Gasteiger partial charge in [0.05, 0.1) is 22.5 Å². The number of hydrogen-bond donors (Lipinski definition) is 2. The second-order valence-electron chi connectivity index (χ2n) is 6.76. The second kappa shape index (κ2) is 7.77. The Morgan fingerprint density at radius 1 is 1.11 bits per heavy atom. The van der Waals surface area contributed by atoms with Gasteiger partial charge in [-0.2, -0.15) is 0 Å². The molecule has 2 N–H and O–H groups in total. The Morgan fingerprint density at radius 2 is 1.89 bits per heavy atom. The van der Waals surface area contributed by atoms with Gasteiger partial charge in [0.1, 0.15) is 0 Å². The number of aryl methyl sites for hydroxylation is 3. The van der Waals surface area contributed by atoms with Crippen LogP contribution in [0.15, 0.2) is 46.9 Å². The third kappa shape index (κ3) is 4.10. The van der Waals surface area contributed by atoms with Gasteiger partial charge in [0, 0.05) is 10.9 Å². The summed E-state index contributed by atoms with van der Waals surface area (Å²) in [6, 6.07) is 12.4. The predicted octanol–water partition coefficient (Wildman–Crippen LogP) is 5.34. The lowest BCUT2D eigenvalue weighted by Gasteiger charge is -2.04. The number of nitrogens with zero attached hydrogens (tertiary/aromatic N) is 2. The van der Waals surface area contributed by atoms with E-state index in [0.717, 1.165) is 27.4 Å². The normalized spacial score (nSPS) is 11.1. The van der Waals surface area contributed by atoms with Crippen molar-refractivity contribution in [2.24, 2.45) is 0 Å². The van der Waals surface area contributed by atoms with Crippen LogP contribution in [-0.2, 0) is 4.79 Å². The summed E-state index contributed by atoms with van der Waals surface area (Å²) >= 11 is 2.82. The molecule has 4 rings (SSSR count). The van der Waals surface area contributed by atoms with Crippen molar-refractivity contribution in [3.05, 3.63) is 58.5 Å². The van der Waals surface area contributed by atoms with E-state index in [1.807, 2.05) is 24.4 Å². The zero-order chi connectivity index (χ0) is 19.7. The first-order valence-electron chi connectivity index (χ1n) is 8.90. The molecule has 0 fully saturated rings. The Balaban J connectivity index is 1.40. The Bertz CT molecular complexity index is 1160. The number of amides is 1. The van der Waals surface area contributed by atoms with Crippen LogP contribution in [0.5, 0.6) is 0 Å². The lowest BCUT2D eigenvalue weighted by Crippen LogP contribution is -2.13. The van der Waals surface area contributed by atoms with Crippen LogP contribution in [0.2, 0.25) is 0 Å². The van der Waals surface area contributed by atoms with Gasteiger partial charge >= 0.3 is 0 Å². The minimum atomic E-state index is -0.0940. The lowest BCUT2D eigenvalue weighted by molar-refractivity contribution is -0.113. The maximum absolute atomic E-state index is 12.3. The van der Waals surface area contributed by atoms with E-state index in [0.29, 0.717) is 5.13 Å². The molecule has 0 unspecified atom stereocenters. The van der Waals surface area contributed by atoms with Crippen LogP contribution in [0, 0.1) is 20.8 Å². The molecule has 0 aliphatic carbocycles. The Labute approximate surface area is 171 Å². The Kier molecular flexibility index (Phi) is 5.19. The molecule has 7 heteroatoms. The van der Waals surface area contributed by atoms with E-state index in [9.17, 15) is 4.79 Å². The molecule has 5 nitrogen and oxygen atoms in total. The summed E-state index contributed by atoms with van der Waals surface area (Å²) in [5.74, 6) is 0.181. The van der Waals surface area contributed by atoms with Crippen molar-refractivity contribution in [1.82, 2.24) is 15.0 Å². The zero-order valence-electron chi connectivity index (χ0n) is 15.9. The van der Waals surface area contributed by atoms with Gasteiger partial charge in [-0.15, -0.1) is 11.3 Å². The van der Waals surface area contributed by atoms with Crippen molar-refractivity contribution >= 4 is 45.2 Å². The van der Waals surface area contributed by atoms with Gasteiger partial charge < -0.3 is 10.3 Å². The van der Waals surface area contributed by atoms with Crippen molar-refractivity contribution in [3.8, 4) is 11.3 Å². The van der Waals surface area contributed by atoms with E-state index >= 15 is 0 Å². The zero-order valence-corrected chi connectivity index (χ0v) is 17.5. The minimum Gasteiger partial charge on any atom is -0.333 e. The van der Waals surface area contributed by atoms with Crippen LogP contribution >= 0.6 is 23.1 Å². The maximum atomic E-state index is 12.3. The van der Waals surface area contributed by atoms with Crippen molar-refractivity contribution < 1.29 is 4.79 Å². The van der Waals surface area contributed by atoms with Crippen LogP contribution in [0.1, 0.15) is 16.7 Å². The molecule has 1 amide bonds.